The van der Waals surface area contributed by atoms with Crippen molar-refractivity contribution in [2.45, 2.75) is 9.79 Å². The lowest BCUT2D eigenvalue weighted by atomic mass is 10.3. The van der Waals surface area contributed by atoms with Crippen LogP contribution in [0.2, 0.25) is 0 Å². The van der Waals surface area contributed by atoms with Gasteiger partial charge < -0.3 is 0 Å². The minimum Gasteiger partial charge on any atom is -0.258 e. The number of nitro groups is 2. The average molecular weight is 308 g/mol. The number of non-ortho nitro benzene ring substituents is 2. The number of hydrogen-bond acceptors (Lipinski definition) is 6. The van der Waals surface area contributed by atoms with Crippen molar-refractivity contribution < 1.29 is 18.3 Å². The van der Waals surface area contributed by atoms with Crippen molar-refractivity contribution in [1.29, 1.82) is 0 Å². The molecule has 0 fully saturated rings. The first-order valence-electron chi connectivity index (χ1n) is 5.56. The van der Waals surface area contributed by atoms with Gasteiger partial charge in [0.05, 0.1) is 19.6 Å². The highest BCUT2D eigenvalue weighted by Gasteiger charge is 2.19. The molecule has 0 aliphatic carbocycles. The van der Waals surface area contributed by atoms with Gasteiger partial charge >= 0.3 is 0 Å². The number of sulfone groups is 1. The van der Waals surface area contributed by atoms with Crippen molar-refractivity contribution in [1.82, 2.24) is 0 Å². The van der Waals surface area contributed by atoms with Crippen LogP contribution in [-0.4, -0.2) is 18.3 Å². The largest absolute Gasteiger partial charge is 0.269 e. The molecule has 0 atom stereocenters. The molecule has 0 aliphatic rings. The van der Waals surface area contributed by atoms with Gasteiger partial charge in [-0.15, -0.1) is 0 Å². The van der Waals surface area contributed by atoms with E-state index in [0.29, 0.717) is 0 Å². The van der Waals surface area contributed by atoms with Crippen LogP contribution in [0.3, 0.4) is 0 Å². The molecule has 2 aromatic carbocycles. The Bertz CT molecular complexity index is 733. The van der Waals surface area contributed by atoms with Crippen molar-refractivity contribution in [3.63, 3.8) is 0 Å². The van der Waals surface area contributed by atoms with Crippen LogP contribution in [0.25, 0.3) is 0 Å². The van der Waals surface area contributed by atoms with Gasteiger partial charge in [0.25, 0.3) is 11.4 Å². The summed E-state index contributed by atoms with van der Waals surface area (Å²) in [5.74, 6) is 0. The van der Waals surface area contributed by atoms with Crippen molar-refractivity contribution in [2.75, 3.05) is 0 Å². The Morgan fingerprint density at radius 1 is 0.667 bits per heavy atom. The second-order valence-corrected chi connectivity index (χ2v) is 5.96. The molecule has 2 rings (SSSR count). The quantitative estimate of drug-likeness (QED) is 0.631. The Kier molecular flexibility index (Phi) is 3.68. The van der Waals surface area contributed by atoms with E-state index in [1.807, 2.05) is 0 Å². The normalized spacial score (nSPS) is 11.0. The lowest BCUT2D eigenvalue weighted by molar-refractivity contribution is -0.385. The summed E-state index contributed by atoms with van der Waals surface area (Å²) in [6, 6.07) is 8.81. The van der Waals surface area contributed by atoms with Crippen molar-refractivity contribution >= 4 is 21.2 Å². The fraction of sp³-hybridized carbons (Fsp3) is 0. The molecule has 0 amide bonds. The van der Waals surface area contributed by atoms with Crippen LogP contribution in [0.15, 0.2) is 58.3 Å². The van der Waals surface area contributed by atoms with E-state index in [0.717, 1.165) is 48.5 Å². The Balaban J connectivity index is 2.41. The van der Waals surface area contributed by atoms with Crippen LogP contribution in [0.1, 0.15) is 0 Å². The molecule has 9 heteroatoms. The van der Waals surface area contributed by atoms with E-state index in [2.05, 4.69) is 0 Å². The summed E-state index contributed by atoms with van der Waals surface area (Å²) in [6.45, 7) is 0. The minimum absolute atomic E-state index is 0.123. The zero-order valence-electron chi connectivity index (χ0n) is 10.4. The van der Waals surface area contributed by atoms with Gasteiger partial charge in [0, 0.05) is 24.3 Å². The Morgan fingerprint density at radius 3 is 1.19 bits per heavy atom. The van der Waals surface area contributed by atoms with Crippen molar-refractivity contribution in [3.8, 4) is 0 Å². The van der Waals surface area contributed by atoms with E-state index in [1.54, 1.807) is 0 Å². The lowest BCUT2D eigenvalue weighted by Gasteiger charge is -2.04. The molecule has 0 aliphatic heterocycles. The molecule has 0 saturated heterocycles. The molecule has 0 heterocycles. The summed E-state index contributed by atoms with van der Waals surface area (Å²) >= 11 is 0. The van der Waals surface area contributed by atoms with E-state index < -0.39 is 19.7 Å². The fourth-order valence-electron chi connectivity index (χ4n) is 1.63. The summed E-state index contributed by atoms with van der Waals surface area (Å²) in [5, 5.41) is 21.1. The highest BCUT2D eigenvalue weighted by atomic mass is 32.2. The van der Waals surface area contributed by atoms with Gasteiger partial charge in [-0.25, -0.2) is 8.42 Å². The number of nitrogens with zero attached hydrogens (tertiary/aromatic N) is 2. The van der Waals surface area contributed by atoms with Gasteiger partial charge in [-0.3, -0.25) is 20.2 Å². The van der Waals surface area contributed by atoms with Crippen molar-refractivity contribution in [2.24, 2.45) is 0 Å². The third-order valence-electron chi connectivity index (χ3n) is 2.72. The Labute approximate surface area is 118 Å². The van der Waals surface area contributed by atoms with Crippen LogP contribution >= 0.6 is 0 Å². The van der Waals surface area contributed by atoms with Crippen LogP contribution in [0.4, 0.5) is 11.4 Å². The SMILES string of the molecule is O=[N+]([O-])c1ccc(S(=O)(=O)c2ccc([N+](=O)[O-])cc2)cc1. The maximum Gasteiger partial charge on any atom is 0.269 e. The van der Waals surface area contributed by atoms with E-state index in [4.69, 9.17) is 0 Å². The number of hydrogen-bond donors (Lipinski definition) is 0. The second-order valence-electron chi connectivity index (χ2n) is 4.01. The molecule has 8 nitrogen and oxygen atoms in total. The molecule has 2 aromatic rings. The van der Waals surface area contributed by atoms with Gasteiger partial charge in [0.1, 0.15) is 0 Å². The molecular weight excluding hydrogens is 300 g/mol. The predicted octanol–water partition coefficient (Wildman–Crippen LogP) is 2.34. The molecule has 0 spiro atoms. The minimum atomic E-state index is -3.87. The molecule has 0 saturated carbocycles. The Morgan fingerprint density at radius 2 is 0.952 bits per heavy atom. The molecule has 0 N–H and O–H groups in total. The standard InChI is InChI=1S/C12H8N2O6S/c15-13(16)9-1-5-11(6-2-9)21(19,20)12-7-3-10(4-8-12)14(17)18/h1-8H. The summed E-state index contributed by atoms with van der Waals surface area (Å²) in [5.41, 5.74) is -0.449. The van der Waals surface area contributed by atoms with Gasteiger partial charge in [-0.05, 0) is 24.3 Å². The van der Waals surface area contributed by atoms with Gasteiger partial charge in [0.2, 0.25) is 9.84 Å². The third-order valence-corrected chi connectivity index (χ3v) is 4.50. The van der Waals surface area contributed by atoms with Crippen LogP contribution in [-0.2, 0) is 9.84 Å². The molecular formula is C12H8N2O6S. The number of benzene rings is 2. The van der Waals surface area contributed by atoms with Gasteiger partial charge in [0.15, 0.2) is 0 Å². The molecule has 0 unspecified atom stereocenters. The van der Waals surface area contributed by atoms with Gasteiger partial charge in [-0.1, -0.05) is 0 Å². The van der Waals surface area contributed by atoms with Crippen LogP contribution in [0, 0.1) is 20.2 Å². The van der Waals surface area contributed by atoms with Crippen molar-refractivity contribution in [3.05, 3.63) is 68.8 Å². The van der Waals surface area contributed by atoms with E-state index in [1.165, 1.54) is 0 Å². The van der Waals surface area contributed by atoms with Crippen LogP contribution < -0.4 is 0 Å². The summed E-state index contributed by atoms with van der Waals surface area (Å²) in [6.07, 6.45) is 0. The maximum absolute atomic E-state index is 12.3. The molecule has 21 heavy (non-hydrogen) atoms. The first kappa shape index (κ1) is 14.6. The third kappa shape index (κ3) is 2.87. The predicted molar refractivity (Wildman–Crippen MR) is 71.6 cm³/mol. The fourth-order valence-corrected chi connectivity index (χ4v) is 2.89. The summed E-state index contributed by atoms with van der Waals surface area (Å²) in [4.78, 5) is 19.5. The van der Waals surface area contributed by atoms with Crippen LogP contribution in [0.5, 0.6) is 0 Å². The summed E-state index contributed by atoms with van der Waals surface area (Å²) in [7, 11) is -3.87. The Hall–Kier alpha value is -2.81. The molecule has 0 aromatic heterocycles. The first-order chi connectivity index (χ1) is 9.82. The lowest BCUT2D eigenvalue weighted by Crippen LogP contribution is -2.02. The topological polar surface area (TPSA) is 120 Å². The number of rotatable bonds is 4. The monoisotopic (exact) mass is 308 g/mol. The van der Waals surface area contributed by atoms with E-state index >= 15 is 0 Å². The van der Waals surface area contributed by atoms with Gasteiger partial charge in [-0.2, -0.15) is 0 Å². The molecule has 0 radical (unpaired) electrons. The molecule has 0 bridgehead atoms. The zero-order chi connectivity index (χ0) is 15.6. The van der Waals surface area contributed by atoms with E-state index in [9.17, 15) is 28.6 Å². The maximum atomic E-state index is 12.3. The first-order valence-corrected chi connectivity index (χ1v) is 7.04. The zero-order valence-corrected chi connectivity index (χ0v) is 11.2. The second kappa shape index (κ2) is 5.29. The number of nitro benzene ring substituents is 2. The highest BCUT2D eigenvalue weighted by Crippen LogP contribution is 2.24. The smallest absolute Gasteiger partial charge is 0.258 e. The summed E-state index contributed by atoms with van der Waals surface area (Å²) < 4.78 is 24.5. The van der Waals surface area contributed by atoms with E-state index in [-0.39, 0.29) is 21.2 Å². The average Bonchev–Trinajstić information content (AvgIpc) is 2.47. The molecule has 108 valence electrons. The highest BCUT2D eigenvalue weighted by molar-refractivity contribution is 7.91.